The van der Waals surface area contributed by atoms with Crippen LogP contribution in [0, 0.1) is 5.92 Å². The molecule has 1 aromatic rings. The van der Waals surface area contributed by atoms with E-state index in [-0.39, 0.29) is 12.5 Å². The first-order chi connectivity index (χ1) is 8.24. The molecule has 1 aliphatic rings. The second kappa shape index (κ2) is 5.36. The highest BCUT2D eigenvalue weighted by atomic mass is 16.4. The van der Waals surface area contributed by atoms with E-state index in [9.17, 15) is 4.79 Å². The van der Waals surface area contributed by atoms with E-state index in [0.717, 1.165) is 38.1 Å². The predicted octanol–water partition coefficient (Wildman–Crippen LogP) is 1.69. The summed E-state index contributed by atoms with van der Waals surface area (Å²) < 4.78 is 5.46. The molecule has 2 heterocycles. The number of amides is 1. The molecule has 0 radical (unpaired) electrons. The Hall–Kier alpha value is -1.29. The molecular formula is C13H19NO3. The van der Waals surface area contributed by atoms with E-state index in [1.54, 1.807) is 6.07 Å². The van der Waals surface area contributed by atoms with Crippen molar-refractivity contribution in [2.45, 2.75) is 26.2 Å². The lowest BCUT2D eigenvalue weighted by molar-refractivity contribution is 0.0751. The Morgan fingerprint density at radius 3 is 3.06 bits per heavy atom. The Morgan fingerprint density at radius 2 is 2.41 bits per heavy atom. The maximum atomic E-state index is 12.1. The van der Waals surface area contributed by atoms with Gasteiger partial charge in [0.15, 0.2) is 5.76 Å². The highest BCUT2D eigenvalue weighted by Gasteiger charge is 2.27. The molecule has 0 saturated carbocycles. The van der Waals surface area contributed by atoms with Gasteiger partial charge in [-0.15, -0.1) is 0 Å². The molecule has 1 aliphatic heterocycles. The van der Waals surface area contributed by atoms with Gasteiger partial charge in [-0.05, 0) is 30.9 Å². The van der Waals surface area contributed by atoms with Crippen LogP contribution in [-0.4, -0.2) is 35.6 Å². The minimum atomic E-state index is -0.0230. The van der Waals surface area contributed by atoms with Gasteiger partial charge >= 0.3 is 0 Å². The van der Waals surface area contributed by atoms with Gasteiger partial charge in [0.25, 0.3) is 5.91 Å². The fourth-order valence-corrected chi connectivity index (χ4v) is 2.27. The number of nitrogens with zero attached hydrogens (tertiary/aromatic N) is 1. The normalized spacial score (nSPS) is 19.9. The van der Waals surface area contributed by atoms with Crippen LogP contribution in [0.3, 0.4) is 0 Å². The summed E-state index contributed by atoms with van der Waals surface area (Å²) in [5.41, 5.74) is 0. The summed E-state index contributed by atoms with van der Waals surface area (Å²) >= 11 is 0. The fourth-order valence-electron chi connectivity index (χ4n) is 2.27. The van der Waals surface area contributed by atoms with Gasteiger partial charge in [-0.25, -0.2) is 0 Å². The number of furan rings is 1. The van der Waals surface area contributed by atoms with Crippen LogP contribution in [0.15, 0.2) is 16.5 Å². The molecule has 0 aliphatic carbocycles. The zero-order chi connectivity index (χ0) is 12.3. The third-order valence-electron chi connectivity index (χ3n) is 3.33. The van der Waals surface area contributed by atoms with Crippen molar-refractivity contribution in [3.8, 4) is 0 Å². The second-order valence-electron chi connectivity index (χ2n) is 4.54. The standard InChI is InChI=1S/C13H19NO3/c1-2-11-3-4-12(17-11)13(16)14-7-5-10(9-14)6-8-15/h3-4,10,15H,2,5-9H2,1H3. The first kappa shape index (κ1) is 12.2. The van der Waals surface area contributed by atoms with E-state index < -0.39 is 0 Å². The number of aryl methyl sites for hydroxylation is 1. The molecule has 2 rings (SSSR count). The average Bonchev–Trinajstić information content (AvgIpc) is 2.97. The molecule has 1 aromatic heterocycles. The third-order valence-corrected chi connectivity index (χ3v) is 3.33. The second-order valence-corrected chi connectivity index (χ2v) is 4.54. The molecule has 1 fully saturated rings. The van der Waals surface area contributed by atoms with E-state index in [4.69, 9.17) is 9.52 Å². The van der Waals surface area contributed by atoms with Gasteiger partial charge in [-0.2, -0.15) is 0 Å². The molecule has 1 unspecified atom stereocenters. The van der Waals surface area contributed by atoms with Crippen LogP contribution in [0.5, 0.6) is 0 Å². The van der Waals surface area contributed by atoms with Crippen molar-refractivity contribution in [1.29, 1.82) is 0 Å². The monoisotopic (exact) mass is 237 g/mol. The third kappa shape index (κ3) is 2.69. The summed E-state index contributed by atoms with van der Waals surface area (Å²) in [7, 11) is 0. The Bertz CT molecular complexity index is 386. The van der Waals surface area contributed by atoms with Crippen LogP contribution >= 0.6 is 0 Å². The van der Waals surface area contributed by atoms with Gasteiger partial charge in [-0.1, -0.05) is 6.92 Å². The molecule has 0 spiro atoms. The first-order valence-corrected chi connectivity index (χ1v) is 6.23. The summed E-state index contributed by atoms with van der Waals surface area (Å²) in [5, 5.41) is 8.88. The highest BCUT2D eigenvalue weighted by molar-refractivity contribution is 5.91. The number of carbonyl (C=O) groups excluding carboxylic acids is 1. The van der Waals surface area contributed by atoms with Crippen molar-refractivity contribution in [3.05, 3.63) is 23.7 Å². The van der Waals surface area contributed by atoms with Crippen molar-refractivity contribution in [3.63, 3.8) is 0 Å². The minimum Gasteiger partial charge on any atom is -0.456 e. The first-order valence-electron chi connectivity index (χ1n) is 6.23. The maximum Gasteiger partial charge on any atom is 0.289 e. The number of carbonyl (C=O) groups is 1. The molecule has 1 N–H and O–H groups in total. The summed E-state index contributed by atoms with van der Waals surface area (Å²) in [4.78, 5) is 13.9. The quantitative estimate of drug-likeness (QED) is 0.867. The van der Waals surface area contributed by atoms with Crippen molar-refractivity contribution >= 4 is 5.91 Å². The molecular weight excluding hydrogens is 218 g/mol. The summed E-state index contributed by atoms with van der Waals surface area (Å²) in [6, 6.07) is 3.61. The van der Waals surface area contributed by atoms with Gasteiger partial charge in [0.1, 0.15) is 5.76 Å². The average molecular weight is 237 g/mol. The lowest BCUT2D eigenvalue weighted by Gasteiger charge is -2.14. The van der Waals surface area contributed by atoms with E-state index in [2.05, 4.69) is 0 Å². The number of hydrogen-bond donors (Lipinski definition) is 1. The predicted molar refractivity (Wildman–Crippen MR) is 63.8 cm³/mol. The minimum absolute atomic E-state index is 0.0230. The van der Waals surface area contributed by atoms with Crippen molar-refractivity contribution in [2.24, 2.45) is 5.92 Å². The highest BCUT2D eigenvalue weighted by Crippen LogP contribution is 2.21. The van der Waals surface area contributed by atoms with E-state index in [1.807, 2.05) is 17.9 Å². The smallest absolute Gasteiger partial charge is 0.289 e. The van der Waals surface area contributed by atoms with Crippen LogP contribution < -0.4 is 0 Å². The molecule has 4 nitrogen and oxygen atoms in total. The molecule has 17 heavy (non-hydrogen) atoms. The molecule has 0 bridgehead atoms. The van der Waals surface area contributed by atoms with Crippen LogP contribution in [-0.2, 0) is 6.42 Å². The van der Waals surface area contributed by atoms with Crippen LogP contribution in [0.2, 0.25) is 0 Å². The zero-order valence-corrected chi connectivity index (χ0v) is 10.2. The van der Waals surface area contributed by atoms with Crippen molar-refractivity contribution in [1.82, 2.24) is 4.90 Å². The number of likely N-dealkylation sites (tertiary alicyclic amines) is 1. The van der Waals surface area contributed by atoms with Gasteiger partial charge < -0.3 is 14.4 Å². The number of hydrogen-bond acceptors (Lipinski definition) is 3. The van der Waals surface area contributed by atoms with Gasteiger partial charge in [0.2, 0.25) is 0 Å². The van der Waals surface area contributed by atoms with Gasteiger partial charge in [0.05, 0.1) is 0 Å². The summed E-state index contributed by atoms with van der Waals surface area (Å²) in [5.74, 6) is 1.70. The number of aliphatic hydroxyl groups is 1. The summed E-state index contributed by atoms with van der Waals surface area (Å²) in [6.07, 6.45) is 2.57. The molecule has 1 amide bonds. The molecule has 94 valence electrons. The topological polar surface area (TPSA) is 53.7 Å². The van der Waals surface area contributed by atoms with Crippen molar-refractivity contribution < 1.29 is 14.3 Å². The van der Waals surface area contributed by atoms with E-state index >= 15 is 0 Å². The Balaban J connectivity index is 1.96. The Kier molecular flexibility index (Phi) is 3.84. The van der Waals surface area contributed by atoms with E-state index in [0.29, 0.717) is 11.7 Å². The largest absolute Gasteiger partial charge is 0.456 e. The lowest BCUT2D eigenvalue weighted by Crippen LogP contribution is -2.28. The Labute approximate surface area is 101 Å². The lowest BCUT2D eigenvalue weighted by atomic mass is 10.1. The molecule has 1 atom stereocenters. The Morgan fingerprint density at radius 1 is 1.59 bits per heavy atom. The summed E-state index contributed by atoms with van der Waals surface area (Å²) in [6.45, 7) is 3.71. The fraction of sp³-hybridized carbons (Fsp3) is 0.615. The number of aliphatic hydroxyl groups excluding tert-OH is 1. The molecule has 4 heteroatoms. The maximum absolute atomic E-state index is 12.1. The van der Waals surface area contributed by atoms with E-state index in [1.165, 1.54) is 0 Å². The molecule has 0 aromatic carbocycles. The van der Waals surface area contributed by atoms with Crippen LogP contribution in [0.1, 0.15) is 36.1 Å². The van der Waals surface area contributed by atoms with Crippen molar-refractivity contribution in [2.75, 3.05) is 19.7 Å². The van der Waals surface area contributed by atoms with Gasteiger partial charge in [0, 0.05) is 26.1 Å². The van der Waals surface area contributed by atoms with Crippen LogP contribution in [0.25, 0.3) is 0 Å². The number of rotatable bonds is 4. The van der Waals surface area contributed by atoms with Gasteiger partial charge in [-0.3, -0.25) is 4.79 Å². The van der Waals surface area contributed by atoms with Crippen LogP contribution in [0.4, 0.5) is 0 Å². The molecule has 1 saturated heterocycles. The SMILES string of the molecule is CCc1ccc(C(=O)N2CCC(CCO)C2)o1. The zero-order valence-electron chi connectivity index (χ0n) is 10.2.